The lowest BCUT2D eigenvalue weighted by Gasteiger charge is -2.10. The minimum absolute atomic E-state index is 0. The highest BCUT2D eigenvalue weighted by Crippen LogP contribution is 2.18. The van der Waals surface area contributed by atoms with E-state index in [1.807, 2.05) is 13.0 Å². The van der Waals surface area contributed by atoms with Crippen LogP contribution in [0.3, 0.4) is 0 Å². The summed E-state index contributed by atoms with van der Waals surface area (Å²) in [6.07, 6.45) is 2.41. The van der Waals surface area contributed by atoms with Crippen LogP contribution < -0.4 is 20.7 Å². The highest BCUT2D eigenvalue weighted by Gasteiger charge is 2.21. The first-order valence-corrected chi connectivity index (χ1v) is 7.70. The van der Waals surface area contributed by atoms with Crippen LogP contribution in [0, 0.1) is 0 Å². The fourth-order valence-electron chi connectivity index (χ4n) is 1.94. The first kappa shape index (κ1) is 19.5. The molecule has 128 valence electrons. The second-order valence-electron chi connectivity index (χ2n) is 5.17. The van der Waals surface area contributed by atoms with Crippen LogP contribution in [-0.4, -0.2) is 44.7 Å². The molecule has 0 saturated heterocycles. The van der Waals surface area contributed by atoms with Gasteiger partial charge in [-0.2, -0.15) is 0 Å². The first-order chi connectivity index (χ1) is 10.7. The number of aliphatic imine (C=N–C) groups is 1. The maximum Gasteiger partial charge on any atom is 0.251 e. The highest BCUT2D eigenvalue weighted by molar-refractivity contribution is 14.0. The van der Waals surface area contributed by atoms with Crippen LogP contribution in [-0.2, 0) is 0 Å². The Morgan fingerprint density at radius 1 is 1.35 bits per heavy atom. The minimum atomic E-state index is -0.116. The third-order valence-corrected chi connectivity index (χ3v) is 3.26. The number of methoxy groups -OCH3 is 1. The number of hydrogen-bond acceptors (Lipinski definition) is 3. The smallest absolute Gasteiger partial charge is 0.251 e. The molecule has 1 fully saturated rings. The first-order valence-electron chi connectivity index (χ1n) is 7.70. The van der Waals surface area contributed by atoms with Gasteiger partial charge in [0.2, 0.25) is 0 Å². The van der Waals surface area contributed by atoms with Crippen LogP contribution in [0.1, 0.15) is 30.1 Å². The van der Waals surface area contributed by atoms with E-state index in [2.05, 4.69) is 20.9 Å². The quantitative estimate of drug-likeness (QED) is 0.266. The summed E-state index contributed by atoms with van der Waals surface area (Å²) in [4.78, 5) is 16.5. The number of rotatable bonds is 7. The normalized spacial score (nSPS) is 13.7. The summed E-state index contributed by atoms with van der Waals surface area (Å²) in [5.41, 5.74) is 0.589. The van der Waals surface area contributed by atoms with E-state index in [1.54, 1.807) is 25.3 Å². The Bertz CT molecular complexity index is 533. The number of hydrogen-bond donors (Lipinski definition) is 3. The van der Waals surface area contributed by atoms with E-state index < -0.39 is 0 Å². The van der Waals surface area contributed by atoms with Crippen LogP contribution in [0.15, 0.2) is 29.3 Å². The summed E-state index contributed by atoms with van der Waals surface area (Å²) in [6.45, 7) is 3.90. The molecule has 3 N–H and O–H groups in total. The van der Waals surface area contributed by atoms with Gasteiger partial charge in [-0.3, -0.25) is 9.79 Å². The highest BCUT2D eigenvalue weighted by atomic mass is 127. The molecule has 0 spiro atoms. The van der Waals surface area contributed by atoms with Crippen LogP contribution in [0.4, 0.5) is 0 Å². The van der Waals surface area contributed by atoms with Crippen molar-refractivity contribution >= 4 is 35.8 Å². The molecule has 0 radical (unpaired) electrons. The summed E-state index contributed by atoms with van der Waals surface area (Å²) in [5, 5.41) is 9.39. The van der Waals surface area contributed by atoms with Gasteiger partial charge in [0.1, 0.15) is 5.75 Å². The molecule has 1 amide bonds. The molecule has 1 aromatic rings. The zero-order chi connectivity index (χ0) is 15.8. The van der Waals surface area contributed by atoms with Crippen molar-refractivity contribution in [1.82, 2.24) is 16.0 Å². The number of carbonyl (C=O) groups is 1. The number of nitrogens with one attached hydrogen (secondary N) is 3. The third-order valence-electron chi connectivity index (χ3n) is 3.26. The number of amides is 1. The Morgan fingerprint density at radius 3 is 2.78 bits per heavy atom. The van der Waals surface area contributed by atoms with Crippen molar-refractivity contribution < 1.29 is 9.53 Å². The van der Waals surface area contributed by atoms with E-state index in [0.29, 0.717) is 30.4 Å². The monoisotopic (exact) mass is 432 g/mol. The van der Waals surface area contributed by atoms with Crippen LogP contribution >= 0.6 is 24.0 Å². The number of nitrogens with zero attached hydrogens (tertiary/aromatic N) is 1. The van der Waals surface area contributed by atoms with E-state index in [4.69, 9.17) is 4.74 Å². The van der Waals surface area contributed by atoms with Gasteiger partial charge in [-0.15, -0.1) is 24.0 Å². The molecule has 1 saturated carbocycles. The SMILES string of the molecule is CCNC(=NCCNC(=O)c1cccc(OC)c1)NC1CC1.I. The summed E-state index contributed by atoms with van der Waals surface area (Å²) in [6, 6.07) is 7.66. The predicted octanol–water partition coefficient (Wildman–Crippen LogP) is 1.76. The summed E-state index contributed by atoms with van der Waals surface area (Å²) in [7, 11) is 1.58. The molecule has 0 unspecified atom stereocenters. The fraction of sp³-hybridized carbons (Fsp3) is 0.500. The van der Waals surface area contributed by atoms with E-state index >= 15 is 0 Å². The van der Waals surface area contributed by atoms with E-state index in [9.17, 15) is 4.79 Å². The second-order valence-corrected chi connectivity index (χ2v) is 5.17. The molecule has 6 nitrogen and oxygen atoms in total. The maximum absolute atomic E-state index is 12.0. The van der Waals surface area contributed by atoms with Crippen molar-refractivity contribution in [1.29, 1.82) is 0 Å². The standard InChI is InChI=1S/C16H24N4O2.HI/c1-3-17-16(20-13-7-8-13)19-10-9-18-15(21)12-5-4-6-14(11-12)22-2;/h4-6,11,13H,3,7-10H2,1-2H3,(H,18,21)(H2,17,19,20);1H. The zero-order valence-electron chi connectivity index (χ0n) is 13.6. The van der Waals surface area contributed by atoms with Crippen molar-refractivity contribution in [3.05, 3.63) is 29.8 Å². The van der Waals surface area contributed by atoms with Gasteiger partial charge in [-0.1, -0.05) is 6.07 Å². The average Bonchev–Trinajstić information content (AvgIpc) is 3.35. The Labute approximate surface area is 154 Å². The molecule has 7 heteroatoms. The van der Waals surface area contributed by atoms with Crippen molar-refractivity contribution in [3.8, 4) is 5.75 Å². The Balaban J connectivity index is 0.00000264. The molecule has 0 atom stereocenters. The molecule has 0 bridgehead atoms. The topological polar surface area (TPSA) is 74.8 Å². The van der Waals surface area contributed by atoms with E-state index in [-0.39, 0.29) is 29.9 Å². The van der Waals surface area contributed by atoms with Gasteiger partial charge < -0.3 is 20.7 Å². The van der Waals surface area contributed by atoms with Crippen LogP contribution in [0.5, 0.6) is 5.75 Å². The Morgan fingerprint density at radius 2 is 2.13 bits per heavy atom. The number of halogens is 1. The van der Waals surface area contributed by atoms with Gasteiger partial charge in [-0.05, 0) is 38.0 Å². The summed E-state index contributed by atoms with van der Waals surface area (Å²) >= 11 is 0. The third kappa shape index (κ3) is 7.06. The van der Waals surface area contributed by atoms with E-state index in [0.717, 1.165) is 12.5 Å². The van der Waals surface area contributed by atoms with Crippen LogP contribution in [0.25, 0.3) is 0 Å². The van der Waals surface area contributed by atoms with Crippen molar-refractivity contribution in [2.24, 2.45) is 4.99 Å². The largest absolute Gasteiger partial charge is 0.497 e. The maximum atomic E-state index is 12.0. The van der Waals surface area contributed by atoms with Gasteiger partial charge in [-0.25, -0.2) is 0 Å². The van der Waals surface area contributed by atoms with Gasteiger partial charge in [0.05, 0.1) is 13.7 Å². The molecule has 1 aromatic carbocycles. The lowest BCUT2D eigenvalue weighted by molar-refractivity contribution is 0.0954. The molecule has 1 aliphatic rings. The second kappa shape index (κ2) is 10.3. The van der Waals surface area contributed by atoms with Gasteiger partial charge in [0.25, 0.3) is 5.91 Å². The number of benzene rings is 1. The molecule has 0 aromatic heterocycles. The molecule has 0 heterocycles. The fourth-order valence-corrected chi connectivity index (χ4v) is 1.94. The number of ether oxygens (including phenoxy) is 1. The lowest BCUT2D eigenvalue weighted by Crippen LogP contribution is -2.39. The number of carbonyl (C=O) groups excluding carboxylic acids is 1. The molecule has 23 heavy (non-hydrogen) atoms. The molecule has 2 rings (SSSR count). The van der Waals surface area contributed by atoms with Gasteiger partial charge >= 0.3 is 0 Å². The molecule has 1 aliphatic carbocycles. The van der Waals surface area contributed by atoms with Gasteiger partial charge in [0, 0.05) is 24.7 Å². The Hall–Kier alpha value is -1.51. The van der Waals surface area contributed by atoms with Crippen molar-refractivity contribution in [2.45, 2.75) is 25.8 Å². The minimum Gasteiger partial charge on any atom is -0.497 e. The molecule has 0 aliphatic heterocycles. The van der Waals surface area contributed by atoms with Crippen molar-refractivity contribution in [3.63, 3.8) is 0 Å². The van der Waals surface area contributed by atoms with Crippen LogP contribution in [0.2, 0.25) is 0 Å². The average molecular weight is 432 g/mol. The predicted molar refractivity (Wildman–Crippen MR) is 103 cm³/mol. The van der Waals surface area contributed by atoms with Crippen molar-refractivity contribution in [2.75, 3.05) is 26.7 Å². The van der Waals surface area contributed by atoms with E-state index in [1.165, 1.54) is 12.8 Å². The van der Waals surface area contributed by atoms with Gasteiger partial charge in [0.15, 0.2) is 5.96 Å². The summed E-state index contributed by atoms with van der Waals surface area (Å²) < 4.78 is 5.11. The lowest BCUT2D eigenvalue weighted by atomic mass is 10.2. The number of guanidine groups is 1. The Kier molecular flexibility index (Phi) is 8.75. The molecular weight excluding hydrogens is 407 g/mol. The molecular formula is C16H25IN4O2. The zero-order valence-corrected chi connectivity index (χ0v) is 15.9. The summed E-state index contributed by atoms with van der Waals surface area (Å²) in [5.74, 6) is 1.38.